The van der Waals surface area contributed by atoms with Crippen LogP contribution in [0.15, 0.2) is 24.3 Å². The molecule has 0 bridgehead atoms. The number of aliphatic carboxylic acids is 1. The third kappa shape index (κ3) is 5.17. The van der Waals surface area contributed by atoms with Gasteiger partial charge in [0.1, 0.15) is 6.04 Å². The molecule has 0 saturated heterocycles. The molecule has 1 aromatic carbocycles. The van der Waals surface area contributed by atoms with Crippen molar-refractivity contribution in [3.8, 4) is 0 Å². The number of hydrogen-bond donors (Lipinski definition) is 4. The summed E-state index contributed by atoms with van der Waals surface area (Å²) >= 11 is 0. The highest BCUT2D eigenvalue weighted by molar-refractivity contribution is 5.96. The molecule has 0 aliphatic carbocycles. The van der Waals surface area contributed by atoms with Gasteiger partial charge in [-0.25, -0.2) is 0 Å². The molecule has 2 atom stereocenters. The summed E-state index contributed by atoms with van der Waals surface area (Å²) in [6.07, 6.45) is 1.15. The largest absolute Gasteiger partial charge is 0.480 e. The molecule has 0 radical (unpaired) electrons. The Morgan fingerprint density at radius 3 is 2.27 bits per heavy atom. The second-order valence-corrected chi connectivity index (χ2v) is 5.00. The summed E-state index contributed by atoms with van der Waals surface area (Å²) in [5, 5.41) is 14.5. The fourth-order valence-corrected chi connectivity index (χ4v) is 1.91. The van der Waals surface area contributed by atoms with E-state index >= 15 is 0 Å². The summed E-state index contributed by atoms with van der Waals surface area (Å²) < 4.78 is 0. The standard InChI is InChI=1S/C15H21N3O4/c1-3-4-12(15(21)22)17-9(2)14(20)18-11-7-5-10(6-8-11)13(16)19/h5-9,12,17H,3-4H2,1-2H3,(H2,16,19)(H,18,20)(H,21,22). The smallest absolute Gasteiger partial charge is 0.320 e. The Balaban J connectivity index is 2.63. The molecule has 0 spiro atoms. The van der Waals surface area contributed by atoms with E-state index in [-0.39, 0.29) is 5.91 Å². The van der Waals surface area contributed by atoms with Gasteiger partial charge in [-0.3, -0.25) is 19.7 Å². The molecule has 5 N–H and O–H groups in total. The average Bonchev–Trinajstić information content (AvgIpc) is 2.47. The Kier molecular flexibility index (Phi) is 6.52. The molecule has 0 saturated carbocycles. The van der Waals surface area contributed by atoms with Gasteiger partial charge in [0.05, 0.1) is 6.04 Å². The van der Waals surface area contributed by atoms with E-state index in [1.165, 1.54) is 12.1 Å². The van der Waals surface area contributed by atoms with Gasteiger partial charge in [0.25, 0.3) is 0 Å². The van der Waals surface area contributed by atoms with E-state index in [4.69, 9.17) is 10.8 Å². The number of hydrogen-bond acceptors (Lipinski definition) is 4. The number of nitrogens with one attached hydrogen (secondary N) is 2. The molecule has 0 heterocycles. The third-order valence-corrected chi connectivity index (χ3v) is 3.16. The lowest BCUT2D eigenvalue weighted by Gasteiger charge is -2.19. The highest BCUT2D eigenvalue weighted by atomic mass is 16.4. The van der Waals surface area contributed by atoms with Crippen LogP contribution in [0.5, 0.6) is 0 Å². The first-order chi connectivity index (χ1) is 10.3. The Morgan fingerprint density at radius 1 is 1.23 bits per heavy atom. The predicted octanol–water partition coefficient (Wildman–Crippen LogP) is 0.955. The van der Waals surface area contributed by atoms with E-state index in [1.54, 1.807) is 19.1 Å². The van der Waals surface area contributed by atoms with Crippen LogP contribution in [0.4, 0.5) is 5.69 Å². The highest BCUT2D eigenvalue weighted by Crippen LogP contribution is 2.10. The van der Waals surface area contributed by atoms with Crippen molar-refractivity contribution in [1.29, 1.82) is 0 Å². The minimum absolute atomic E-state index is 0.345. The summed E-state index contributed by atoms with van der Waals surface area (Å²) in [6, 6.07) is 4.71. The topological polar surface area (TPSA) is 122 Å². The summed E-state index contributed by atoms with van der Waals surface area (Å²) in [5.41, 5.74) is 5.98. The molecule has 1 aromatic rings. The van der Waals surface area contributed by atoms with Gasteiger partial charge in [-0.2, -0.15) is 0 Å². The number of carboxylic acid groups (broad SMARTS) is 1. The molecule has 0 fully saturated rings. The van der Waals surface area contributed by atoms with Crippen molar-refractivity contribution in [2.24, 2.45) is 5.73 Å². The Hall–Kier alpha value is -2.41. The number of benzene rings is 1. The normalized spacial score (nSPS) is 13.2. The first kappa shape index (κ1) is 17.6. The zero-order chi connectivity index (χ0) is 16.7. The maximum Gasteiger partial charge on any atom is 0.320 e. The van der Waals surface area contributed by atoms with Gasteiger partial charge in [0.15, 0.2) is 0 Å². The average molecular weight is 307 g/mol. The van der Waals surface area contributed by atoms with Crippen LogP contribution in [0.1, 0.15) is 37.0 Å². The molecule has 7 nitrogen and oxygen atoms in total. The fourth-order valence-electron chi connectivity index (χ4n) is 1.91. The van der Waals surface area contributed by atoms with Crippen LogP contribution in [0.2, 0.25) is 0 Å². The van der Waals surface area contributed by atoms with Crippen LogP contribution in [0.25, 0.3) is 0 Å². The Morgan fingerprint density at radius 2 is 1.82 bits per heavy atom. The van der Waals surface area contributed by atoms with E-state index in [2.05, 4.69) is 10.6 Å². The molecule has 2 unspecified atom stereocenters. The monoisotopic (exact) mass is 307 g/mol. The number of anilines is 1. The minimum atomic E-state index is -0.979. The molecule has 1 rings (SSSR count). The van der Waals surface area contributed by atoms with Crippen molar-refractivity contribution in [2.75, 3.05) is 5.32 Å². The minimum Gasteiger partial charge on any atom is -0.480 e. The van der Waals surface area contributed by atoms with Gasteiger partial charge in [0.2, 0.25) is 11.8 Å². The van der Waals surface area contributed by atoms with Crippen LogP contribution in [0.3, 0.4) is 0 Å². The predicted molar refractivity (Wildman–Crippen MR) is 82.5 cm³/mol. The van der Waals surface area contributed by atoms with E-state index < -0.39 is 24.0 Å². The zero-order valence-electron chi connectivity index (χ0n) is 12.6. The number of rotatable bonds is 8. The summed E-state index contributed by atoms with van der Waals surface area (Å²) in [6.45, 7) is 3.47. The van der Waals surface area contributed by atoms with E-state index in [9.17, 15) is 14.4 Å². The van der Waals surface area contributed by atoms with Gasteiger partial charge in [-0.1, -0.05) is 13.3 Å². The number of carbonyl (C=O) groups is 3. The van der Waals surface area contributed by atoms with Crippen molar-refractivity contribution in [3.63, 3.8) is 0 Å². The first-order valence-electron chi connectivity index (χ1n) is 7.04. The fraction of sp³-hybridized carbons (Fsp3) is 0.400. The molecular formula is C15H21N3O4. The van der Waals surface area contributed by atoms with Crippen molar-refractivity contribution in [1.82, 2.24) is 5.32 Å². The van der Waals surface area contributed by atoms with Crippen molar-refractivity contribution < 1.29 is 19.5 Å². The lowest BCUT2D eigenvalue weighted by Crippen LogP contribution is -2.47. The lowest BCUT2D eigenvalue weighted by atomic mass is 10.1. The molecule has 0 aliphatic rings. The zero-order valence-corrected chi connectivity index (χ0v) is 12.6. The van der Waals surface area contributed by atoms with E-state index in [0.717, 1.165) is 0 Å². The van der Waals surface area contributed by atoms with Gasteiger partial charge >= 0.3 is 5.97 Å². The van der Waals surface area contributed by atoms with E-state index in [1.807, 2.05) is 6.92 Å². The maximum absolute atomic E-state index is 12.0. The molecule has 2 amide bonds. The van der Waals surface area contributed by atoms with Gasteiger partial charge in [0, 0.05) is 11.3 Å². The summed E-state index contributed by atoms with van der Waals surface area (Å²) in [4.78, 5) is 34.1. The van der Waals surface area contributed by atoms with Crippen LogP contribution in [-0.2, 0) is 9.59 Å². The number of carboxylic acids is 1. The number of carbonyl (C=O) groups excluding carboxylic acids is 2. The summed E-state index contributed by atoms with van der Waals surface area (Å²) in [7, 11) is 0. The molecule has 22 heavy (non-hydrogen) atoms. The Bertz CT molecular complexity index is 542. The lowest BCUT2D eigenvalue weighted by molar-refractivity contribution is -0.140. The summed E-state index contributed by atoms with van der Waals surface area (Å²) in [5.74, 6) is -1.88. The first-order valence-corrected chi connectivity index (χ1v) is 7.04. The maximum atomic E-state index is 12.0. The number of amides is 2. The SMILES string of the molecule is CCCC(NC(C)C(=O)Nc1ccc(C(N)=O)cc1)C(=O)O. The Labute approximate surface area is 128 Å². The molecule has 0 aliphatic heterocycles. The van der Waals surface area contributed by atoms with Crippen molar-refractivity contribution in [3.05, 3.63) is 29.8 Å². The van der Waals surface area contributed by atoms with Crippen LogP contribution >= 0.6 is 0 Å². The number of primary amides is 1. The van der Waals surface area contributed by atoms with Gasteiger partial charge in [-0.15, -0.1) is 0 Å². The number of nitrogens with two attached hydrogens (primary N) is 1. The second-order valence-electron chi connectivity index (χ2n) is 5.00. The van der Waals surface area contributed by atoms with Gasteiger partial charge < -0.3 is 16.2 Å². The quantitative estimate of drug-likeness (QED) is 0.570. The van der Waals surface area contributed by atoms with Crippen LogP contribution in [0, 0.1) is 0 Å². The second kappa shape index (κ2) is 8.14. The molecule has 120 valence electrons. The molecular weight excluding hydrogens is 286 g/mol. The van der Waals surface area contributed by atoms with Crippen LogP contribution < -0.4 is 16.4 Å². The highest BCUT2D eigenvalue weighted by Gasteiger charge is 2.22. The molecule has 7 heteroatoms. The van der Waals surface area contributed by atoms with E-state index in [0.29, 0.717) is 24.1 Å². The molecule has 0 aromatic heterocycles. The van der Waals surface area contributed by atoms with Crippen molar-refractivity contribution in [2.45, 2.75) is 38.8 Å². The van der Waals surface area contributed by atoms with Crippen molar-refractivity contribution >= 4 is 23.5 Å². The van der Waals surface area contributed by atoms with Gasteiger partial charge in [-0.05, 0) is 37.6 Å². The van der Waals surface area contributed by atoms with Crippen LogP contribution in [-0.4, -0.2) is 35.0 Å². The third-order valence-electron chi connectivity index (χ3n) is 3.16.